The highest BCUT2D eigenvalue weighted by Gasteiger charge is 2.03. The predicted molar refractivity (Wildman–Crippen MR) is 72.0 cm³/mol. The normalized spacial score (nSPS) is 9.82. The summed E-state index contributed by atoms with van der Waals surface area (Å²) in [7, 11) is 0. The molecule has 0 aliphatic heterocycles. The third-order valence-corrected chi connectivity index (χ3v) is 2.72. The monoisotopic (exact) mass is 271 g/mol. The largest absolute Gasteiger partial charge is 0.326 e. The van der Waals surface area contributed by atoms with Gasteiger partial charge in [0.05, 0.1) is 5.02 Å². The van der Waals surface area contributed by atoms with Crippen LogP contribution >= 0.6 is 24.0 Å². The van der Waals surface area contributed by atoms with E-state index >= 15 is 0 Å². The number of halogens is 3. The molecular formula is C13H12Cl2FN. The van der Waals surface area contributed by atoms with Crippen molar-refractivity contribution in [2.75, 3.05) is 0 Å². The Labute approximate surface area is 111 Å². The fourth-order valence-corrected chi connectivity index (χ4v) is 1.67. The summed E-state index contributed by atoms with van der Waals surface area (Å²) in [6.45, 7) is 0.476. The molecule has 17 heavy (non-hydrogen) atoms. The minimum atomic E-state index is -0.405. The summed E-state index contributed by atoms with van der Waals surface area (Å²) >= 11 is 5.63. The molecule has 2 rings (SSSR count). The van der Waals surface area contributed by atoms with Crippen LogP contribution < -0.4 is 5.73 Å². The van der Waals surface area contributed by atoms with Gasteiger partial charge in [-0.2, -0.15) is 0 Å². The maximum atomic E-state index is 13.3. The number of hydrogen-bond acceptors (Lipinski definition) is 1. The van der Waals surface area contributed by atoms with Crippen LogP contribution in [0.5, 0.6) is 0 Å². The SMILES string of the molecule is Cl.NCc1cccc(-c2ccc(Cl)c(F)c2)c1. The summed E-state index contributed by atoms with van der Waals surface area (Å²) in [4.78, 5) is 0. The van der Waals surface area contributed by atoms with Gasteiger partial charge in [-0.05, 0) is 34.9 Å². The maximum absolute atomic E-state index is 13.3. The molecule has 0 aliphatic carbocycles. The summed E-state index contributed by atoms with van der Waals surface area (Å²) in [5, 5.41) is 0.138. The van der Waals surface area contributed by atoms with Crippen molar-refractivity contribution in [3.05, 3.63) is 58.9 Å². The lowest BCUT2D eigenvalue weighted by Gasteiger charge is -2.04. The fraction of sp³-hybridized carbons (Fsp3) is 0.0769. The molecule has 0 atom stereocenters. The van der Waals surface area contributed by atoms with Gasteiger partial charge in [0.2, 0.25) is 0 Å². The molecule has 0 amide bonds. The smallest absolute Gasteiger partial charge is 0.142 e. The lowest BCUT2D eigenvalue weighted by Crippen LogP contribution is -1.95. The molecule has 0 aliphatic rings. The van der Waals surface area contributed by atoms with E-state index in [1.54, 1.807) is 12.1 Å². The molecule has 2 N–H and O–H groups in total. The van der Waals surface area contributed by atoms with E-state index in [1.807, 2.05) is 24.3 Å². The molecule has 0 saturated heterocycles. The Morgan fingerprint density at radius 2 is 1.76 bits per heavy atom. The van der Waals surface area contributed by atoms with Crippen LogP contribution in [0.2, 0.25) is 5.02 Å². The van der Waals surface area contributed by atoms with E-state index in [2.05, 4.69) is 0 Å². The lowest BCUT2D eigenvalue weighted by molar-refractivity contribution is 0.629. The molecule has 2 aromatic rings. The van der Waals surface area contributed by atoms with Crippen molar-refractivity contribution in [1.29, 1.82) is 0 Å². The molecule has 0 radical (unpaired) electrons. The van der Waals surface area contributed by atoms with E-state index in [4.69, 9.17) is 17.3 Å². The molecule has 1 nitrogen and oxygen atoms in total. The van der Waals surface area contributed by atoms with E-state index in [0.717, 1.165) is 16.7 Å². The first-order valence-electron chi connectivity index (χ1n) is 4.95. The van der Waals surface area contributed by atoms with Crippen molar-refractivity contribution in [2.24, 2.45) is 5.73 Å². The molecule has 4 heteroatoms. The highest BCUT2D eigenvalue weighted by atomic mass is 35.5. The van der Waals surface area contributed by atoms with Crippen molar-refractivity contribution >= 4 is 24.0 Å². The van der Waals surface area contributed by atoms with Crippen LogP contribution in [-0.4, -0.2) is 0 Å². The van der Waals surface area contributed by atoms with Gasteiger partial charge in [0.15, 0.2) is 0 Å². The van der Waals surface area contributed by atoms with Crippen LogP contribution in [0.1, 0.15) is 5.56 Å². The van der Waals surface area contributed by atoms with Crippen LogP contribution in [0.4, 0.5) is 4.39 Å². The molecule has 0 fully saturated rings. The highest BCUT2D eigenvalue weighted by Crippen LogP contribution is 2.24. The van der Waals surface area contributed by atoms with Gasteiger partial charge in [-0.1, -0.05) is 35.9 Å². The van der Waals surface area contributed by atoms with Gasteiger partial charge in [-0.3, -0.25) is 0 Å². The van der Waals surface area contributed by atoms with Crippen LogP contribution in [0.3, 0.4) is 0 Å². The molecule has 0 unspecified atom stereocenters. The Morgan fingerprint density at radius 1 is 1.06 bits per heavy atom. The second kappa shape index (κ2) is 6.01. The summed E-state index contributed by atoms with van der Waals surface area (Å²) in [6, 6.07) is 12.5. The topological polar surface area (TPSA) is 26.0 Å². The quantitative estimate of drug-likeness (QED) is 0.877. The van der Waals surface area contributed by atoms with Gasteiger partial charge in [0.1, 0.15) is 5.82 Å². The predicted octanol–water partition coefficient (Wildman–Crippen LogP) is 4.03. The number of benzene rings is 2. The second-order valence-corrected chi connectivity index (χ2v) is 3.94. The minimum absolute atomic E-state index is 0. The summed E-state index contributed by atoms with van der Waals surface area (Å²) in [5.74, 6) is -0.405. The van der Waals surface area contributed by atoms with E-state index in [1.165, 1.54) is 6.07 Å². The maximum Gasteiger partial charge on any atom is 0.142 e. The molecule has 0 aromatic heterocycles. The van der Waals surface area contributed by atoms with Crippen molar-refractivity contribution in [3.63, 3.8) is 0 Å². The van der Waals surface area contributed by atoms with Crippen LogP contribution in [-0.2, 0) is 6.54 Å². The molecule has 0 heterocycles. The summed E-state index contributed by atoms with van der Waals surface area (Å²) in [5.41, 5.74) is 8.32. The molecule has 2 aromatic carbocycles. The molecule has 0 spiro atoms. The number of hydrogen-bond donors (Lipinski definition) is 1. The molecule has 90 valence electrons. The Balaban J connectivity index is 0.00000144. The van der Waals surface area contributed by atoms with Crippen molar-refractivity contribution in [1.82, 2.24) is 0 Å². The Bertz CT molecular complexity index is 515. The van der Waals surface area contributed by atoms with Gasteiger partial charge in [-0.25, -0.2) is 4.39 Å². The number of rotatable bonds is 2. The average Bonchev–Trinajstić information content (AvgIpc) is 2.33. The van der Waals surface area contributed by atoms with E-state index < -0.39 is 5.82 Å². The zero-order valence-electron chi connectivity index (χ0n) is 8.99. The van der Waals surface area contributed by atoms with E-state index in [9.17, 15) is 4.39 Å². The van der Waals surface area contributed by atoms with Crippen LogP contribution in [0, 0.1) is 5.82 Å². The zero-order chi connectivity index (χ0) is 11.5. The summed E-state index contributed by atoms with van der Waals surface area (Å²) < 4.78 is 13.3. The zero-order valence-corrected chi connectivity index (χ0v) is 10.6. The van der Waals surface area contributed by atoms with Gasteiger partial charge in [0, 0.05) is 6.54 Å². The second-order valence-electron chi connectivity index (χ2n) is 3.53. The number of nitrogens with two attached hydrogens (primary N) is 1. The Morgan fingerprint density at radius 3 is 2.41 bits per heavy atom. The van der Waals surface area contributed by atoms with E-state index in [-0.39, 0.29) is 17.4 Å². The molecular weight excluding hydrogens is 260 g/mol. The first-order chi connectivity index (χ1) is 7.70. The van der Waals surface area contributed by atoms with Gasteiger partial charge < -0.3 is 5.73 Å². The third kappa shape index (κ3) is 3.19. The highest BCUT2D eigenvalue weighted by molar-refractivity contribution is 6.30. The standard InChI is InChI=1S/C13H11ClFN.ClH/c14-12-5-4-11(7-13(12)15)10-3-1-2-9(6-10)8-16;/h1-7H,8,16H2;1H. The lowest BCUT2D eigenvalue weighted by atomic mass is 10.0. The third-order valence-electron chi connectivity index (χ3n) is 2.42. The first-order valence-corrected chi connectivity index (χ1v) is 5.33. The molecule has 0 bridgehead atoms. The van der Waals surface area contributed by atoms with Gasteiger partial charge in [0.25, 0.3) is 0 Å². The van der Waals surface area contributed by atoms with Crippen LogP contribution in [0.15, 0.2) is 42.5 Å². The minimum Gasteiger partial charge on any atom is -0.326 e. The summed E-state index contributed by atoms with van der Waals surface area (Å²) in [6.07, 6.45) is 0. The average molecular weight is 272 g/mol. The molecule has 0 saturated carbocycles. The van der Waals surface area contributed by atoms with Crippen molar-refractivity contribution in [3.8, 4) is 11.1 Å². The Kier molecular flexibility index (Phi) is 4.94. The van der Waals surface area contributed by atoms with Crippen molar-refractivity contribution in [2.45, 2.75) is 6.54 Å². The van der Waals surface area contributed by atoms with Crippen molar-refractivity contribution < 1.29 is 4.39 Å². The van der Waals surface area contributed by atoms with Gasteiger partial charge >= 0.3 is 0 Å². The van der Waals surface area contributed by atoms with Crippen LogP contribution in [0.25, 0.3) is 11.1 Å². The van der Waals surface area contributed by atoms with E-state index in [0.29, 0.717) is 6.54 Å². The Hall–Kier alpha value is -1.09. The fourth-order valence-electron chi connectivity index (χ4n) is 1.55. The first kappa shape index (κ1) is 14.0. The van der Waals surface area contributed by atoms with Gasteiger partial charge in [-0.15, -0.1) is 12.4 Å².